The average molecular weight is 270 g/mol. The van der Waals surface area contributed by atoms with Crippen LogP contribution in [0.15, 0.2) is 0 Å². The van der Waals surface area contributed by atoms with E-state index in [1.54, 1.807) is 11.8 Å². The smallest absolute Gasteiger partial charge is 0.245 e. The van der Waals surface area contributed by atoms with Gasteiger partial charge in [0, 0.05) is 13.5 Å². The highest BCUT2D eigenvalue weighted by Crippen LogP contribution is 2.18. The minimum absolute atomic E-state index is 0.0147. The molecule has 1 aliphatic heterocycles. The predicted molar refractivity (Wildman–Crippen MR) is 74.7 cm³/mol. The van der Waals surface area contributed by atoms with Crippen LogP contribution in [0.2, 0.25) is 0 Å². The summed E-state index contributed by atoms with van der Waals surface area (Å²) in [6.45, 7) is 9.36. The fraction of sp³-hybridized carbons (Fsp3) is 0.786. The highest BCUT2D eigenvalue weighted by atomic mass is 16.2. The second kappa shape index (κ2) is 8.67. The molecule has 1 fully saturated rings. The molecule has 0 unspecified atom stereocenters. The third kappa shape index (κ3) is 5.85. The lowest BCUT2D eigenvalue weighted by atomic mass is 10.1. The van der Waals surface area contributed by atoms with E-state index in [1.807, 2.05) is 0 Å². The lowest BCUT2D eigenvalue weighted by Crippen LogP contribution is -2.49. The Kier molecular flexibility index (Phi) is 8.03. The van der Waals surface area contributed by atoms with Crippen LogP contribution >= 0.6 is 0 Å². The zero-order chi connectivity index (χ0) is 15.0. The van der Waals surface area contributed by atoms with Crippen LogP contribution in [0.5, 0.6) is 0 Å². The van der Waals surface area contributed by atoms with Gasteiger partial charge in [0.1, 0.15) is 6.04 Å². The zero-order valence-electron chi connectivity index (χ0n) is 12.7. The van der Waals surface area contributed by atoms with Gasteiger partial charge in [-0.15, -0.1) is 0 Å². The minimum Gasteiger partial charge on any atom is -0.345 e. The van der Waals surface area contributed by atoms with Gasteiger partial charge in [-0.2, -0.15) is 0 Å². The van der Waals surface area contributed by atoms with Crippen LogP contribution in [0.3, 0.4) is 0 Å². The maximum absolute atomic E-state index is 12.0. The molecule has 0 spiro atoms. The van der Waals surface area contributed by atoms with E-state index in [-0.39, 0.29) is 23.6 Å². The summed E-state index contributed by atoms with van der Waals surface area (Å²) in [5, 5.41) is 2.54. The molecule has 1 heterocycles. The van der Waals surface area contributed by atoms with Gasteiger partial charge in [-0.25, -0.2) is 0 Å². The first-order chi connectivity index (χ1) is 8.84. The molecule has 0 bridgehead atoms. The Balaban J connectivity index is 0.000000982. The number of amides is 2. The molecule has 0 radical (unpaired) electrons. The van der Waals surface area contributed by atoms with Crippen molar-refractivity contribution in [3.8, 4) is 0 Å². The fourth-order valence-electron chi connectivity index (χ4n) is 2.07. The van der Waals surface area contributed by atoms with E-state index in [0.717, 1.165) is 12.8 Å². The Morgan fingerprint density at radius 2 is 1.79 bits per heavy atom. The van der Waals surface area contributed by atoms with Gasteiger partial charge in [0.25, 0.3) is 0 Å². The van der Waals surface area contributed by atoms with Crippen LogP contribution in [0, 0.1) is 0 Å². The van der Waals surface area contributed by atoms with Gasteiger partial charge in [-0.1, -0.05) is 20.3 Å². The minimum atomic E-state index is -0.558. The van der Waals surface area contributed by atoms with Gasteiger partial charge < -0.3 is 10.2 Å². The molecule has 1 aliphatic rings. The summed E-state index contributed by atoms with van der Waals surface area (Å²) in [6.07, 6.45) is 2.83. The maximum Gasteiger partial charge on any atom is 0.245 e. The third-order valence-electron chi connectivity index (χ3n) is 2.80. The molecule has 110 valence electrons. The van der Waals surface area contributed by atoms with Gasteiger partial charge in [-0.3, -0.25) is 14.4 Å². The SMILES string of the molecule is CC(=O)N[C@@H](C)C(=O)N1CCC[C@H]1C(C)=O.CCC. The lowest BCUT2D eigenvalue weighted by molar-refractivity contribution is -0.139. The van der Waals surface area contributed by atoms with Crippen molar-refractivity contribution in [3.05, 3.63) is 0 Å². The summed E-state index contributed by atoms with van der Waals surface area (Å²) in [5.41, 5.74) is 0. The summed E-state index contributed by atoms with van der Waals surface area (Å²) in [7, 11) is 0. The molecule has 19 heavy (non-hydrogen) atoms. The Hall–Kier alpha value is -1.39. The topological polar surface area (TPSA) is 66.5 Å². The van der Waals surface area contributed by atoms with Gasteiger partial charge in [0.05, 0.1) is 6.04 Å². The Morgan fingerprint density at radius 1 is 1.26 bits per heavy atom. The monoisotopic (exact) mass is 270 g/mol. The Labute approximate surface area is 115 Å². The summed E-state index contributed by atoms with van der Waals surface area (Å²) < 4.78 is 0. The number of ketones is 1. The summed E-state index contributed by atoms with van der Waals surface area (Å²) in [5.74, 6) is -0.395. The molecule has 1 saturated heterocycles. The van der Waals surface area contributed by atoms with Crippen molar-refractivity contribution in [2.75, 3.05) is 6.54 Å². The number of carbonyl (C=O) groups is 3. The lowest BCUT2D eigenvalue weighted by Gasteiger charge is -2.26. The van der Waals surface area contributed by atoms with E-state index in [1.165, 1.54) is 20.3 Å². The molecule has 1 rings (SSSR count). The number of rotatable bonds is 3. The molecule has 0 aliphatic carbocycles. The van der Waals surface area contributed by atoms with Gasteiger partial charge in [-0.05, 0) is 26.7 Å². The van der Waals surface area contributed by atoms with Crippen LogP contribution in [-0.2, 0) is 14.4 Å². The Bertz CT molecular complexity index is 329. The summed E-state index contributed by atoms with van der Waals surface area (Å²) >= 11 is 0. The van der Waals surface area contributed by atoms with Crippen LogP contribution < -0.4 is 5.32 Å². The normalized spacial score (nSPS) is 19.2. The number of nitrogens with zero attached hydrogens (tertiary/aromatic N) is 1. The van der Waals surface area contributed by atoms with Crippen molar-refractivity contribution < 1.29 is 14.4 Å². The number of hydrogen-bond acceptors (Lipinski definition) is 3. The number of hydrogen-bond donors (Lipinski definition) is 1. The van der Waals surface area contributed by atoms with Crippen molar-refractivity contribution in [3.63, 3.8) is 0 Å². The van der Waals surface area contributed by atoms with Crippen LogP contribution in [0.4, 0.5) is 0 Å². The summed E-state index contributed by atoms with van der Waals surface area (Å²) in [6, 6.07) is -0.860. The van der Waals surface area contributed by atoms with E-state index in [9.17, 15) is 14.4 Å². The number of Topliss-reactive ketones (excluding diaryl/α,β-unsaturated/α-hetero) is 1. The van der Waals surface area contributed by atoms with E-state index in [2.05, 4.69) is 19.2 Å². The largest absolute Gasteiger partial charge is 0.345 e. The van der Waals surface area contributed by atoms with Crippen LogP contribution in [0.25, 0.3) is 0 Å². The molecular weight excluding hydrogens is 244 g/mol. The molecule has 2 amide bonds. The fourth-order valence-corrected chi connectivity index (χ4v) is 2.07. The molecule has 0 aromatic heterocycles. The van der Waals surface area contributed by atoms with Crippen molar-refractivity contribution in [1.29, 1.82) is 0 Å². The average Bonchev–Trinajstić information content (AvgIpc) is 2.76. The van der Waals surface area contributed by atoms with Crippen molar-refractivity contribution in [2.24, 2.45) is 0 Å². The zero-order valence-corrected chi connectivity index (χ0v) is 12.7. The maximum atomic E-state index is 12.0. The highest BCUT2D eigenvalue weighted by molar-refractivity contribution is 5.91. The van der Waals surface area contributed by atoms with Crippen molar-refractivity contribution >= 4 is 17.6 Å². The Morgan fingerprint density at radius 3 is 2.21 bits per heavy atom. The molecule has 2 atom stereocenters. The molecule has 1 N–H and O–H groups in total. The van der Waals surface area contributed by atoms with Crippen molar-refractivity contribution in [2.45, 2.75) is 66.0 Å². The summed E-state index contributed by atoms with van der Waals surface area (Å²) in [4.78, 5) is 35.7. The number of nitrogens with one attached hydrogen (secondary N) is 1. The second-order valence-corrected chi connectivity index (χ2v) is 4.93. The van der Waals surface area contributed by atoms with E-state index < -0.39 is 6.04 Å². The van der Waals surface area contributed by atoms with Gasteiger partial charge in [0.15, 0.2) is 5.78 Å². The second-order valence-electron chi connectivity index (χ2n) is 4.93. The molecule has 0 saturated carbocycles. The third-order valence-corrected chi connectivity index (χ3v) is 2.80. The molecule has 5 heteroatoms. The first-order valence-electron chi connectivity index (χ1n) is 6.93. The number of likely N-dealkylation sites (tertiary alicyclic amines) is 1. The first-order valence-corrected chi connectivity index (χ1v) is 6.93. The molecular formula is C14H26N2O3. The highest BCUT2D eigenvalue weighted by Gasteiger charge is 2.33. The van der Waals surface area contributed by atoms with Gasteiger partial charge in [0.2, 0.25) is 11.8 Å². The van der Waals surface area contributed by atoms with Crippen LogP contribution in [-0.4, -0.2) is 41.1 Å². The van der Waals surface area contributed by atoms with E-state index in [4.69, 9.17) is 0 Å². The van der Waals surface area contributed by atoms with Gasteiger partial charge >= 0.3 is 0 Å². The quantitative estimate of drug-likeness (QED) is 0.845. The predicted octanol–water partition coefficient (Wildman–Crippen LogP) is 1.51. The first kappa shape index (κ1) is 17.6. The number of carbonyl (C=O) groups excluding carboxylic acids is 3. The standard InChI is InChI=1S/C11H18N2O3.C3H8/c1-7(12-9(3)15)11(16)13-6-4-5-10(13)8(2)14;1-3-2/h7,10H,4-6H2,1-3H3,(H,12,15);3H2,1-2H3/t7-,10-;/m0./s1. The van der Waals surface area contributed by atoms with Crippen molar-refractivity contribution in [1.82, 2.24) is 10.2 Å². The van der Waals surface area contributed by atoms with E-state index >= 15 is 0 Å². The molecule has 0 aromatic carbocycles. The van der Waals surface area contributed by atoms with E-state index in [0.29, 0.717) is 6.54 Å². The van der Waals surface area contributed by atoms with Crippen LogP contribution in [0.1, 0.15) is 53.9 Å². The molecule has 5 nitrogen and oxygen atoms in total. The molecule has 0 aromatic rings.